The van der Waals surface area contributed by atoms with E-state index in [9.17, 15) is 9.59 Å². The Kier molecular flexibility index (Phi) is 4.19. The van der Waals surface area contributed by atoms with Crippen LogP contribution in [0.5, 0.6) is 0 Å². The summed E-state index contributed by atoms with van der Waals surface area (Å²) in [6, 6.07) is -0.458. The van der Waals surface area contributed by atoms with Gasteiger partial charge in [-0.25, -0.2) is 0 Å². The summed E-state index contributed by atoms with van der Waals surface area (Å²) in [4.78, 5) is 25.9. The fourth-order valence-electron chi connectivity index (χ4n) is 1.98. The molecule has 2 aliphatic rings. The van der Waals surface area contributed by atoms with Crippen molar-refractivity contribution in [2.45, 2.75) is 37.9 Å². The fraction of sp³-hybridized carbons (Fsp3) is 0.833. The second-order valence-corrected chi connectivity index (χ2v) is 4.92. The van der Waals surface area contributed by atoms with Gasteiger partial charge in [-0.15, -0.1) is 0 Å². The van der Waals surface area contributed by atoms with Crippen molar-refractivity contribution in [1.82, 2.24) is 15.5 Å². The Bertz CT molecular complexity index is 331. The molecule has 2 fully saturated rings. The topological polar surface area (TPSA) is 70.7 Å². The standard InChI is InChI=1S/C12H21N3O3/c1-8(13-2)12(17)15-5-6-18-7-10(15)11(16)14-9-3-4-9/h8-10,13H,3-7H2,1-2H3,(H,14,16). The van der Waals surface area contributed by atoms with Crippen LogP contribution in [0.2, 0.25) is 0 Å². The van der Waals surface area contributed by atoms with E-state index in [1.807, 2.05) is 0 Å². The molecular weight excluding hydrogens is 234 g/mol. The number of carbonyl (C=O) groups excluding carboxylic acids is 2. The van der Waals surface area contributed by atoms with Crippen LogP contribution in [0.25, 0.3) is 0 Å². The first-order valence-corrected chi connectivity index (χ1v) is 6.49. The largest absolute Gasteiger partial charge is 0.377 e. The third-order valence-corrected chi connectivity index (χ3v) is 3.44. The predicted octanol–water partition coefficient (Wildman–Crippen LogP) is -0.900. The Morgan fingerprint density at radius 2 is 2.11 bits per heavy atom. The van der Waals surface area contributed by atoms with Crippen LogP contribution in [0.3, 0.4) is 0 Å². The molecule has 2 amide bonds. The van der Waals surface area contributed by atoms with Crippen LogP contribution in [0.1, 0.15) is 19.8 Å². The highest BCUT2D eigenvalue weighted by Gasteiger charge is 2.36. The third-order valence-electron chi connectivity index (χ3n) is 3.44. The molecule has 0 bridgehead atoms. The van der Waals surface area contributed by atoms with Gasteiger partial charge < -0.3 is 20.3 Å². The van der Waals surface area contributed by atoms with Crippen molar-refractivity contribution in [1.29, 1.82) is 0 Å². The number of morpholine rings is 1. The van der Waals surface area contributed by atoms with Crippen LogP contribution in [0.4, 0.5) is 0 Å². The van der Waals surface area contributed by atoms with Gasteiger partial charge in [0.25, 0.3) is 0 Å². The molecule has 1 aliphatic heterocycles. The van der Waals surface area contributed by atoms with E-state index in [1.165, 1.54) is 0 Å². The lowest BCUT2D eigenvalue weighted by atomic mass is 10.1. The number of carbonyl (C=O) groups is 2. The average Bonchev–Trinajstić information content (AvgIpc) is 3.20. The van der Waals surface area contributed by atoms with Gasteiger partial charge in [-0.2, -0.15) is 0 Å². The van der Waals surface area contributed by atoms with Crippen molar-refractivity contribution in [3.8, 4) is 0 Å². The highest BCUT2D eigenvalue weighted by Crippen LogP contribution is 2.19. The van der Waals surface area contributed by atoms with Gasteiger partial charge >= 0.3 is 0 Å². The molecule has 1 saturated heterocycles. The first kappa shape index (κ1) is 13.3. The van der Waals surface area contributed by atoms with Crippen LogP contribution in [0.15, 0.2) is 0 Å². The minimum atomic E-state index is -0.484. The van der Waals surface area contributed by atoms with Gasteiger partial charge in [0.05, 0.1) is 19.3 Å². The molecule has 1 aliphatic carbocycles. The van der Waals surface area contributed by atoms with E-state index in [2.05, 4.69) is 10.6 Å². The number of amides is 2. The summed E-state index contributed by atoms with van der Waals surface area (Å²) in [5, 5.41) is 5.84. The molecule has 0 spiro atoms. The Hall–Kier alpha value is -1.14. The Labute approximate surface area is 107 Å². The van der Waals surface area contributed by atoms with Crippen molar-refractivity contribution in [3.63, 3.8) is 0 Å². The molecule has 0 aromatic carbocycles. The zero-order valence-electron chi connectivity index (χ0n) is 10.9. The highest BCUT2D eigenvalue weighted by atomic mass is 16.5. The maximum Gasteiger partial charge on any atom is 0.245 e. The Balaban J connectivity index is 1.99. The monoisotopic (exact) mass is 255 g/mol. The fourth-order valence-corrected chi connectivity index (χ4v) is 1.98. The molecule has 1 saturated carbocycles. The maximum absolute atomic E-state index is 12.2. The summed E-state index contributed by atoms with van der Waals surface area (Å²) in [6.07, 6.45) is 2.08. The van der Waals surface area contributed by atoms with Crippen molar-refractivity contribution >= 4 is 11.8 Å². The van der Waals surface area contributed by atoms with Crippen molar-refractivity contribution in [2.75, 3.05) is 26.8 Å². The molecular formula is C12H21N3O3. The molecule has 0 aromatic heterocycles. The number of nitrogens with zero attached hydrogens (tertiary/aromatic N) is 1. The molecule has 0 radical (unpaired) electrons. The highest BCUT2D eigenvalue weighted by molar-refractivity contribution is 5.90. The summed E-state index contributed by atoms with van der Waals surface area (Å²) in [5.74, 6) is -0.134. The minimum Gasteiger partial charge on any atom is -0.377 e. The Morgan fingerprint density at radius 3 is 2.72 bits per heavy atom. The van der Waals surface area contributed by atoms with E-state index in [4.69, 9.17) is 4.74 Å². The molecule has 102 valence electrons. The first-order chi connectivity index (χ1) is 8.63. The van der Waals surface area contributed by atoms with Crippen LogP contribution in [-0.4, -0.2) is 61.6 Å². The summed E-state index contributed by atoms with van der Waals surface area (Å²) in [5.41, 5.74) is 0. The quantitative estimate of drug-likeness (QED) is 0.683. The summed E-state index contributed by atoms with van der Waals surface area (Å²) in [6.45, 7) is 3.07. The Morgan fingerprint density at radius 1 is 1.39 bits per heavy atom. The maximum atomic E-state index is 12.2. The van der Waals surface area contributed by atoms with Gasteiger partial charge in [0.2, 0.25) is 11.8 Å². The number of hydrogen-bond acceptors (Lipinski definition) is 4. The molecule has 2 N–H and O–H groups in total. The predicted molar refractivity (Wildman–Crippen MR) is 66.0 cm³/mol. The molecule has 2 rings (SSSR count). The molecule has 2 unspecified atom stereocenters. The first-order valence-electron chi connectivity index (χ1n) is 6.49. The van der Waals surface area contributed by atoms with Crippen molar-refractivity contribution in [2.24, 2.45) is 0 Å². The number of rotatable bonds is 4. The molecule has 2 atom stereocenters. The smallest absolute Gasteiger partial charge is 0.245 e. The van der Waals surface area contributed by atoms with Gasteiger partial charge in [0, 0.05) is 12.6 Å². The number of likely N-dealkylation sites (N-methyl/N-ethyl adjacent to an activating group) is 1. The zero-order chi connectivity index (χ0) is 13.1. The normalized spacial score (nSPS) is 25.7. The van der Waals surface area contributed by atoms with Crippen molar-refractivity contribution in [3.05, 3.63) is 0 Å². The lowest BCUT2D eigenvalue weighted by Crippen LogP contribution is -2.59. The molecule has 6 nitrogen and oxygen atoms in total. The van der Waals surface area contributed by atoms with Gasteiger partial charge in [-0.1, -0.05) is 0 Å². The van der Waals surface area contributed by atoms with Crippen LogP contribution >= 0.6 is 0 Å². The SMILES string of the molecule is CNC(C)C(=O)N1CCOCC1C(=O)NC1CC1. The second kappa shape index (κ2) is 5.67. The molecule has 18 heavy (non-hydrogen) atoms. The zero-order valence-corrected chi connectivity index (χ0v) is 10.9. The van der Waals surface area contributed by atoms with Crippen LogP contribution in [0, 0.1) is 0 Å². The van der Waals surface area contributed by atoms with E-state index in [-0.39, 0.29) is 17.9 Å². The summed E-state index contributed by atoms with van der Waals surface area (Å²) < 4.78 is 5.32. The van der Waals surface area contributed by atoms with Crippen LogP contribution in [-0.2, 0) is 14.3 Å². The van der Waals surface area contributed by atoms with E-state index in [1.54, 1.807) is 18.9 Å². The van der Waals surface area contributed by atoms with Gasteiger partial charge in [0.1, 0.15) is 6.04 Å². The van der Waals surface area contributed by atoms with Crippen molar-refractivity contribution < 1.29 is 14.3 Å². The van der Waals surface area contributed by atoms with E-state index < -0.39 is 6.04 Å². The average molecular weight is 255 g/mol. The van der Waals surface area contributed by atoms with E-state index in [0.29, 0.717) is 25.8 Å². The van der Waals surface area contributed by atoms with Gasteiger partial charge in [0.15, 0.2) is 0 Å². The molecule has 0 aromatic rings. The van der Waals surface area contributed by atoms with E-state index >= 15 is 0 Å². The molecule has 6 heteroatoms. The number of ether oxygens (including phenoxy) is 1. The second-order valence-electron chi connectivity index (χ2n) is 4.92. The number of nitrogens with one attached hydrogen (secondary N) is 2. The summed E-state index contributed by atoms with van der Waals surface area (Å²) in [7, 11) is 1.74. The minimum absolute atomic E-state index is 0.0447. The lowest BCUT2D eigenvalue weighted by Gasteiger charge is -2.36. The van der Waals surface area contributed by atoms with Gasteiger partial charge in [-0.05, 0) is 26.8 Å². The molecule has 1 heterocycles. The van der Waals surface area contributed by atoms with Gasteiger partial charge in [-0.3, -0.25) is 9.59 Å². The third kappa shape index (κ3) is 3.00. The number of hydrogen-bond donors (Lipinski definition) is 2. The van der Waals surface area contributed by atoms with Crippen LogP contribution < -0.4 is 10.6 Å². The van der Waals surface area contributed by atoms with E-state index in [0.717, 1.165) is 12.8 Å². The lowest BCUT2D eigenvalue weighted by molar-refractivity contribution is -0.149. The summed E-state index contributed by atoms with van der Waals surface area (Å²) >= 11 is 0.